The molecule has 6 nitrogen and oxygen atoms in total. The van der Waals surface area contributed by atoms with Crippen LogP contribution in [0.5, 0.6) is 0 Å². The summed E-state index contributed by atoms with van der Waals surface area (Å²) < 4.78 is 23.0. The van der Waals surface area contributed by atoms with Crippen molar-refractivity contribution >= 4 is 5.91 Å². The van der Waals surface area contributed by atoms with Crippen molar-refractivity contribution < 1.29 is 10.6 Å². The minimum Gasteiger partial charge on any atom is -0.339 e. The summed E-state index contributed by atoms with van der Waals surface area (Å²) in [7, 11) is 0. The highest BCUT2D eigenvalue weighted by molar-refractivity contribution is 5.81. The predicted molar refractivity (Wildman–Crippen MR) is 100 cm³/mol. The molecule has 3 heterocycles. The lowest BCUT2D eigenvalue weighted by Crippen LogP contribution is -2.47. The van der Waals surface area contributed by atoms with Gasteiger partial charge in [0.15, 0.2) is 0 Å². The maximum absolute atomic E-state index is 13.3. The Morgan fingerprint density at radius 3 is 2.67 bits per heavy atom. The summed E-state index contributed by atoms with van der Waals surface area (Å²) in [5.74, 6) is -0.304. The monoisotopic (exact) mass is 366 g/mol. The largest absolute Gasteiger partial charge is 0.339 e. The van der Waals surface area contributed by atoms with E-state index >= 15 is 0 Å². The molecule has 1 fully saturated rings. The number of carbonyl (C=O) groups is 1. The highest BCUT2D eigenvalue weighted by Crippen LogP contribution is 2.31. The van der Waals surface area contributed by atoms with Gasteiger partial charge in [0.25, 0.3) is 0 Å². The molecule has 2 aromatic heterocycles. The normalized spacial score (nSPS) is 14.9. The maximum atomic E-state index is 13.3. The van der Waals surface area contributed by atoms with Crippen LogP contribution in [-0.4, -0.2) is 51.5 Å². The molecule has 1 N–H and O–H groups in total. The molecule has 1 aliphatic heterocycles. The third-order valence-electron chi connectivity index (χ3n) is 4.63. The number of benzene rings is 1. The number of hydrogen-bond acceptors (Lipinski definition) is 4. The van der Waals surface area contributed by atoms with E-state index in [9.17, 15) is 9.18 Å². The fourth-order valence-corrected chi connectivity index (χ4v) is 3.25. The summed E-state index contributed by atoms with van der Waals surface area (Å²) >= 11 is 0. The first-order valence-corrected chi connectivity index (χ1v) is 8.84. The van der Waals surface area contributed by atoms with E-state index in [-0.39, 0.29) is 24.4 Å². The van der Waals surface area contributed by atoms with Gasteiger partial charge in [-0.1, -0.05) is 0 Å². The van der Waals surface area contributed by atoms with Crippen molar-refractivity contribution in [2.45, 2.75) is 6.54 Å². The third-order valence-corrected chi connectivity index (χ3v) is 4.63. The topological polar surface area (TPSA) is 63.1 Å². The Kier molecular flexibility index (Phi) is 4.59. The summed E-state index contributed by atoms with van der Waals surface area (Å²) in [6, 6.07) is 9.50. The van der Waals surface area contributed by atoms with E-state index in [1.165, 1.54) is 12.1 Å². The molecular formula is C20H20FN5O. The number of imidazole rings is 1. The molecule has 1 amide bonds. The number of piperazine rings is 1. The van der Waals surface area contributed by atoms with E-state index in [1.54, 1.807) is 41.4 Å². The highest BCUT2D eigenvalue weighted by atomic mass is 19.1. The van der Waals surface area contributed by atoms with Crippen molar-refractivity contribution in [3.63, 3.8) is 0 Å². The van der Waals surface area contributed by atoms with Gasteiger partial charge in [0, 0.05) is 49.7 Å². The molecule has 138 valence electrons. The minimum atomic E-state index is -0.323. The number of hydrogen-bond donors (Lipinski definition) is 1. The molecule has 0 unspecified atom stereocenters. The number of rotatable bonds is 4. The lowest BCUT2D eigenvalue weighted by atomic mass is 10.1. The molecule has 1 aromatic carbocycles. The van der Waals surface area contributed by atoms with Crippen LogP contribution in [0.4, 0.5) is 4.39 Å². The van der Waals surface area contributed by atoms with Crippen molar-refractivity contribution in [3.8, 4) is 22.5 Å². The molecule has 0 saturated carbocycles. The number of nitrogens with zero attached hydrogens (tertiary/aromatic N) is 4. The molecule has 0 radical (unpaired) electrons. The number of halogens is 1. The van der Waals surface area contributed by atoms with E-state index in [2.05, 4.69) is 15.3 Å². The summed E-state index contributed by atoms with van der Waals surface area (Å²) in [4.78, 5) is 23.0. The summed E-state index contributed by atoms with van der Waals surface area (Å²) in [5.41, 5.74) is 2.84. The molecule has 27 heavy (non-hydrogen) atoms. The quantitative estimate of drug-likeness (QED) is 0.769. The van der Waals surface area contributed by atoms with Crippen molar-refractivity contribution in [1.82, 2.24) is 24.8 Å². The van der Waals surface area contributed by atoms with E-state index in [1.807, 2.05) is 4.90 Å². The van der Waals surface area contributed by atoms with Gasteiger partial charge >= 0.3 is 0 Å². The Labute approximate surface area is 158 Å². The first kappa shape index (κ1) is 16.1. The summed E-state index contributed by atoms with van der Waals surface area (Å²) in [6.45, 7) is 3.09. The van der Waals surface area contributed by atoms with Gasteiger partial charge in [-0.15, -0.1) is 0 Å². The SMILES string of the molecule is [2H]c1cc(-c2c(-c3ccc(F)cc3)ncn2CC(=O)N2CCNCC2)ccn1. The van der Waals surface area contributed by atoms with Crippen LogP contribution in [0.1, 0.15) is 1.37 Å². The molecule has 1 saturated heterocycles. The molecule has 1 aliphatic rings. The molecule has 0 bridgehead atoms. The summed E-state index contributed by atoms with van der Waals surface area (Å²) in [5, 5.41) is 3.24. The van der Waals surface area contributed by atoms with Gasteiger partial charge in [-0.2, -0.15) is 0 Å². The van der Waals surface area contributed by atoms with Gasteiger partial charge in [0.05, 0.1) is 19.1 Å². The Balaban J connectivity index is 1.73. The van der Waals surface area contributed by atoms with Crippen LogP contribution in [-0.2, 0) is 11.3 Å². The second-order valence-corrected chi connectivity index (χ2v) is 6.38. The van der Waals surface area contributed by atoms with Crippen LogP contribution in [0.2, 0.25) is 0 Å². The smallest absolute Gasteiger partial charge is 0.242 e. The van der Waals surface area contributed by atoms with Gasteiger partial charge in [0.1, 0.15) is 12.4 Å². The van der Waals surface area contributed by atoms with Gasteiger partial charge < -0.3 is 14.8 Å². The van der Waals surface area contributed by atoms with E-state index < -0.39 is 0 Å². The van der Waals surface area contributed by atoms with Crippen molar-refractivity contribution in [3.05, 3.63) is 60.9 Å². The van der Waals surface area contributed by atoms with E-state index in [4.69, 9.17) is 1.37 Å². The molecule has 0 spiro atoms. The second-order valence-electron chi connectivity index (χ2n) is 6.38. The molecule has 3 aromatic rings. The standard InChI is InChI=1S/C20H20FN5O/c21-17-3-1-15(2-4-17)19-20(16-5-7-22-8-6-16)26(14-24-19)13-18(27)25-11-9-23-10-12-25/h1-8,14,23H,9-13H2/i7D. The Morgan fingerprint density at radius 1 is 1.15 bits per heavy atom. The molecular weight excluding hydrogens is 345 g/mol. The van der Waals surface area contributed by atoms with Crippen LogP contribution in [0, 0.1) is 5.82 Å². The molecule has 4 rings (SSSR count). The van der Waals surface area contributed by atoms with Gasteiger partial charge in [-0.05, 0) is 36.4 Å². The number of nitrogens with one attached hydrogen (secondary N) is 1. The maximum Gasteiger partial charge on any atom is 0.242 e. The average Bonchev–Trinajstić information content (AvgIpc) is 3.12. The Morgan fingerprint density at radius 2 is 1.93 bits per heavy atom. The lowest BCUT2D eigenvalue weighted by Gasteiger charge is -2.27. The van der Waals surface area contributed by atoms with Gasteiger partial charge in [-0.25, -0.2) is 9.37 Å². The van der Waals surface area contributed by atoms with Crippen molar-refractivity contribution in [2.24, 2.45) is 0 Å². The minimum absolute atomic E-state index is 0.0194. The average molecular weight is 366 g/mol. The van der Waals surface area contributed by atoms with Crippen LogP contribution < -0.4 is 5.32 Å². The van der Waals surface area contributed by atoms with Crippen LogP contribution in [0.3, 0.4) is 0 Å². The van der Waals surface area contributed by atoms with Gasteiger partial charge in [0.2, 0.25) is 5.91 Å². The predicted octanol–water partition coefficient (Wildman–Crippen LogP) is 2.18. The Bertz CT molecular complexity index is 983. The zero-order valence-electron chi connectivity index (χ0n) is 15.7. The zero-order chi connectivity index (χ0) is 19.5. The first-order valence-electron chi connectivity index (χ1n) is 9.34. The van der Waals surface area contributed by atoms with E-state index in [0.717, 1.165) is 24.2 Å². The number of carbonyl (C=O) groups excluding carboxylic acids is 1. The van der Waals surface area contributed by atoms with Crippen LogP contribution in [0.15, 0.2) is 55.1 Å². The molecule has 7 heteroatoms. The summed E-state index contributed by atoms with van der Waals surface area (Å²) in [6.07, 6.45) is 3.31. The zero-order valence-corrected chi connectivity index (χ0v) is 14.7. The lowest BCUT2D eigenvalue weighted by molar-refractivity contribution is -0.132. The third kappa shape index (κ3) is 3.73. The highest BCUT2D eigenvalue weighted by Gasteiger charge is 2.20. The Hall–Kier alpha value is -3.06. The first-order chi connectivity index (χ1) is 13.6. The van der Waals surface area contributed by atoms with Crippen LogP contribution in [0.25, 0.3) is 22.5 Å². The number of pyridine rings is 1. The number of aromatic nitrogens is 3. The fraction of sp³-hybridized carbons (Fsp3) is 0.250. The van der Waals surface area contributed by atoms with Crippen LogP contribution >= 0.6 is 0 Å². The second kappa shape index (κ2) is 7.67. The van der Waals surface area contributed by atoms with E-state index in [0.29, 0.717) is 24.5 Å². The van der Waals surface area contributed by atoms with Crippen molar-refractivity contribution in [1.29, 1.82) is 0 Å². The molecule has 0 aliphatic carbocycles. The van der Waals surface area contributed by atoms with Crippen molar-refractivity contribution in [2.75, 3.05) is 26.2 Å². The number of amides is 1. The molecule has 0 atom stereocenters. The fourth-order valence-electron chi connectivity index (χ4n) is 3.25. The van der Waals surface area contributed by atoms with Gasteiger partial charge in [-0.3, -0.25) is 9.78 Å².